The average Bonchev–Trinajstić information content (AvgIpc) is 3.59. The Bertz CT molecular complexity index is 1740. The molecule has 2 aromatic rings. The number of allylic oxidation sites excluding steroid dienone is 4. The average molecular weight is 641 g/mol. The maximum Gasteiger partial charge on any atom is 0.340 e. The SMILES string of the molecule is O=C(Cc1ccccc1)OC1C=CC=C2CC34SSC5(CC6=CC=CC(OC(=O)C(O)c7ccccc7)C6N5C3=O)C(=O)N4C21. The fourth-order valence-corrected chi connectivity index (χ4v) is 11.0. The third-order valence-electron chi connectivity index (χ3n) is 9.30. The van der Waals surface area contributed by atoms with E-state index >= 15 is 0 Å². The number of fused-ring (bicyclic) bond motifs is 3. The molecule has 2 bridgehead atoms. The summed E-state index contributed by atoms with van der Waals surface area (Å²) in [5, 5.41) is 10.7. The molecule has 2 amide bonds. The number of rotatable bonds is 6. The molecule has 7 aliphatic rings. The summed E-state index contributed by atoms with van der Waals surface area (Å²) in [4.78, 5) is 56.2. The van der Waals surface area contributed by atoms with E-state index in [-0.39, 0.29) is 24.7 Å². The van der Waals surface area contributed by atoms with Crippen LogP contribution in [0.15, 0.2) is 108 Å². The zero-order chi connectivity index (χ0) is 30.9. The lowest BCUT2D eigenvalue weighted by Gasteiger charge is -2.58. The molecule has 5 saturated heterocycles. The van der Waals surface area contributed by atoms with Crippen molar-refractivity contribution >= 4 is 45.3 Å². The van der Waals surface area contributed by atoms with E-state index < -0.39 is 52.1 Å². The molecule has 11 heteroatoms. The second kappa shape index (κ2) is 10.5. The van der Waals surface area contributed by atoms with Crippen molar-refractivity contribution in [2.45, 2.75) is 59.4 Å². The molecule has 45 heavy (non-hydrogen) atoms. The van der Waals surface area contributed by atoms with Crippen LogP contribution in [0.25, 0.3) is 0 Å². The first-order valence-corrected chi connectivity index (χ1v) is 16.9. The molecule has 5 heterocycles. The fraction of sp³-hybridized carbons (Fsp3) is 0.294. The van der Waals surface area contributed by atoms with Gasteiger partial charge in [-0.2, -0.15) is 0 Å². The minimum absolute atomic E-state index is 0.0964. The summed E-state index contributed by atoms with van der Waals surface area (Å²) >= 11 is 0. The monoisotopic (exact) mass is 640 g/mol. The van der Waals surface area contributed by atoms with Gasteiger partial charge in [-0.1, -0.05) is 107 Å². The largest absolute Gasteiger partial charge is 0.455 e. The number of carbonyl (C=O) groups is 4. The number of nitrogens with zero attached hydrogens (tertiary/aromatic N) is 2. The zero-order valence-corrected chi connectivity index (χ0v) is 25.5. The number of aliphatic hydroxyl groups is 1. The topological polar surface area (TPSA) is 113 Å². The third kappa shape index (κ3) is 4.20. The van der Waals surface area contributed by atoms with Crippen molar-refractivity contribution in [3.63, 3.8) is 0 Å². The standard InChI is InChI=1S/C34H28N2O7S2/c37-26(17-20-9-3-1-4-10-20)42-24-15-7-13-22-18-33-32(41)36-28-23(19-34(36,45-44-33)31(40)35(33)27(22)24)14-8-16-25(28)43-30(39)29(38)21-11-5-2-6-12-21/h1-16,24-25,27-29,38H,17-19H2. The van der Waals surface area contributed by atoms with Crippen molar-refractivity contribution in [3.05, 3.63) is 119 Å². The van der Waals surface area contributed by atoms with E-state index in [1.54, 1.807) is 58.4 Å². The van der Waals surface area contributed by atoms with Crippen molar-refractivity contribution in [3.8, 4) is 0 Å². The molecule has 9 nitrogen and oxygen atoms in total. The number of benzene rings is 2. The van der Waals surface area contributed by atoms with Gasteiger partial charge >= 0.3 is 11.9 Å². The van der Waals surface area contributed by atoms with E-state index in [0.29, 0.717) is 12.0 Å². The van der Waals surface area contributed by atoms with Gasteiger partial charge in [0.2, 0.25) is 0 Å². The van der Waals surface area contributed by atoms with E-state index in [0.717, 1.165) is 16.7 Å². The van der Waals surface area contributed by atoms with Crippen LogP contribution in [0, 0.1) is 0 Å². The van der Waals surface area contributed by atoms with E-state index in [9.17, 15) is 24.3 Å². The predicted molar refractivity (Wildman–Crippen MR) is 167 cm³/mol. The lowest BCUT2D eigenvalue weighted by Crippen LogP contribution is -2.77. The quantitative estimate of drug-likeness (QED) is 0.372. The summed E-state index contributed by atoms with van der Waals surface area (Å²) < 4.78 is 11.8. The minimum atomic E-state index is -1.49. The molecular weight excluding hydrogens is 613 g/mol. The highest BCUT2D eigenvalue weighted by Crippen LogP contribution is 2.69. The van der Waals surface area contributed by atoms with Gasteiger partial charge in [-0.3, -0.25) is 14.4 Å². The van der Waals surface area contributed by atoms with Crippen LogP contribution in [-0.4, -0.2) is 72.7 Å². The van der Waals surface area contributed by atoms with Crippen LogP contribution in [0.2, 0.25) is 0 Å². The van der Waals surface area contributed by atoms with Crippen LogP contribution in [0.5, 0.6) is 0 Å². The molecule has 2 spiro atoms. The number of carbonyl (C=O) groups excluding carboxylic acids is 4. The molecule has 9 rings (SSSR count). The Hall–Kier alpha value is -4.06. The third-order valence-corrected chi connectivity index (χ3v) is 12.9. The number of ether oxygens (including phenoxy) is 2. The summed E-state index contributed by atoms with van der Waals surface area (Å²) in [5.41, 5.74) is 2.90. The Morgan fingerprint density at radius 2 is 1.31 bits per heavy atom. The van der Waals surface area contributed by atoms with Gasteiger partial charge in [-0.15, -0.1) is 0 Å². The van der Waals surface area contributed by atoms with E-state index in [1.165, 1.54) is 21.6 Å². The van der Waals surface area contributed by atoms with Crippen molar-refractivity contribution in [1.82, 2.24) is 9.80 Å². The van der Waals surface area contributed by atoms with Crippen LogP contribution in [-0.2, 0) is 35.1 Å². The summed E-state index contributed by atoms with van der Waals surface area (Å²) in [6.45, 7) is 0. The van der Waals surface area contributed by atoms with Gasteiger partial charge in [0.1, 0.15) is 12.2 Å². The normalized spacial score (nSPS) is 32.6. The maximum absolute atomic E-state index is 14.7. The number of esters is 2. The molecule has 5 aliphatic heterocycles. The smallest absolute Gasteiger partial charge is 0.340 e. The van der Waals surface area contributed by atoms with Gasteiger partial charge in [-0.05, 0) is 34.4 Å². The highest BCUT2D eigenvalue weighted by atomic mass is 33.1. The summed E-state index contributed by atoms with van der Waals surface area (Å²) in [7, 11) is 2.77. The number of hydrogen-bond donors (Lipinski definition) is 1. The zero-order valence-electron chi connectivity index (χ0n) is 23.9. The Balaban J connectivity index is 1.08. The van der Waals surface area contributed by atoms with Crippen molar-refractivity contribution in [2.75, 3.05) is 0 Å². The van der Waals surface area contributed by atoms with Crippen LogP contribution in [0.1, 0.15) is 30.1 Å². The molecule has 0 aromatic heterocycles. The first-order chi connectivity index (χ1) is 21.8. The van der Waals surface area contributed by atoms with Gasteiger partial charge in [0.05, 0.1) is 18.5 Å². The molecule has 2 aliphatic carbocycles. The van der Waals surface area contributed by atoms with Crippen molar-refractivity contribution < 1.29 is 33.8 Å². The maximum atomic E-state index is 14.7. The second-order valence-electron chi connectivity index (χ2n) is 11.9. The Labute approximate surface area is 267 Å². The first kappa shape index (κ1) is 28.4. The molecule has 0 radical (unpaired) electrons. The number of aliphatic hydroxyl groups excluding tert-OH is 1. The van der Waals surface area contributed by atoms with Gasteiger partial charge in [-0.25, -0.2) is 4.79 Å². The van der Waals surface area contributed by atoms with Crippen molar-refractivity contribution in [1.29, 1.82) is 0 Å². The number of amides is 2. The summed E-state index contributed by atoms with van der Waals surface area (Å²) in [5.74, 6) is -1.69. The van der Waals surface area contributed by atoms with Gasteiger partial charge in [0.25, 0.3) is 11.8 Å². The molecule has 7 unspecified atom stereocenters. The molecule has 1 N–H and O–H groups in total. The predicted octanol–water partition coefficient (Wildman–Crippen LogP) is 3.78. The summed E-state index contributed by atoms with van der Waals surface area (Å²) in [6, 6.07) is 16.6. The summed E-state index contributed by atoms with van der Waals surface area (Å²) in [6.07, 6.45) is 8.40. The fourth-order valence-electron chi connectivity index (χ4n) is 7.33. The lowest BCUT2D eigenvalue weighted by molar-refractivity contribution is -0.173. The highest BCUT2D eigenvalue weighted by Gasteiger charge is 2.77. The van der Waals surface area contributed by atoms with E-state index in [2.05, 4.69) is 0 Å². The molecule has 2 aromatic carbocycles. The minimum Gasteiger partial charge on any atom is -0.455 e. The Morgan fingerprint density at radius 1 is 0.800 bits per heavy atom. The van der Waals surface area contributed by atoms with Crippen LogP contribution < -0.4 is 0 Å². The molecular formula is C34H28N2O7S2. The van der Waals surface area contributed by atoms with Crippen LogP contribution in [0.3, 0.4) is 0 Å². The highest BCUT2D eigenvalue weighted by molar-refractivity contribution is 8.78. The van der Waals surface area contributed by atoms with Gasteiger partial charge in [0.15, 0.2) is 15.8 Å². The van der Waals surface area contributed by atoms with E-state index in [4.69, 9.17) is 9.47 Å². The second-order valence-corrected chi connectivity index (χ2v) is 14.6. The molecule has 0 saturated carbocycles. The number of piperazine rings is 1. The Morgan fingerprint density at radius 3 is 1.87 bits per heavy atom. The van der Waals surface area contributed by atoms with Gasteiger partial charge < -0.3 is 24.4 Å². The lowest BCUT2D eigenvalue weighted by atomic mass is 9.95. The van der Waals surface area contributed by atoms with Crippen molar-refractivity contribution in [2.24, 2.45) is 0 Å². The van der Waals surface area contributed by atoms with E-state index in [1.807, 2.05) is 48.6 Å². The number of hydrogen-bond acceptors (Lipinski definition) is 9. The molecule has 7 atom stereocenters. The molecule has 5 fully saturated rings. The van der Waals surface area contributed by atoms with Gasteiger partial charge in [0, 0.05) is 12.8 Å². The Kier molecular flexibility index (Phi) is 6.63. The van der Waals surface area contributed by atoms with Crippen LogP contribution >= 0.6 is 21.6 Å². The van der Waals surface area contributed by atoms with Crippen LogP contribution in [0.4, 0.5) is 0 Å². The first-order valence-electron chi connectivity index (χ1n) is 14.8. The molecule has 228 valence electrons.